The highest BCUT2D eigenvalue weighted by Crippen LogP contribution is 2.41. The quantitative estimate of drug-likeness (QED) is 0.561. The van der Waals surface area contributed by atoms with Crippen LogP contribution in [0.4, 0.5) is 0 Å². The van der Waals surface area contributed by atoms with Crippen molar-refractivity contribution in [3.05, 3.63) is 56.0 Å². The van der Waals surface area contributed by atoms with E-state index in [-0.39, 0.29) is 5.38 Å². The van der Waals surface area contributed by atoms with Crippen molar-refractivity contribution in [2.45, 2.75) is 12.3 Å². The maximum absolute atomic E-state index is 6.67. The molecule has 0 bridgehead atoms. The van der Waals surface area contributed by atoms with Gasteiger partial charge >= 0.3 is 0 Å². The van der Waals surface area contributed by atoms with Gasteiger partial charge in [0.15, 0.2) is 0 Å². The topological polar surface area (TPSA) is 18.5 Å². The Kier molecular flexibility index (Phi) is 5.58. The zero-order valence-corrected chi connectivity index (χ0v) is 15.8. The minimum absolute atomic E-state index is 0.322. The second kappa shape index (κ2) is 7.03. The molecule has 0 fully saturated rings. The van der Waals surface area contributed by atoms with Gasteiger partial charge in [-0.05, 0) is 42.3 Å². The average molecular weight is 435 g/mol. The van der Waals surface area contributed by atoms with Gasteiger partial charge in [0.25, 0.3) is 0 Å². The highest BCUT2D eigenvalue weighted by Gasteiger charge is 2.19. The van der Waals surface area contributed by atoms with Crippen LogP contribution in [0.1, 0.15) is 22.1 Å². The molecule has 0 saturated carbocycles. The lowest BCUT2D eigenvalue weighted by atomic mass is 10.0. The van der Waals surface area contributed by atoms with Gasteiger partial charge in [-0.25, -0.2) is 0 Å². The van der Waals surface area contributed by atoms with Gasteiger partial charge < -0.3 is 9.47 Å². The Bertz CT molecular complexity index is 659. The van der Waals surface area contributed by atoms with Crippen LogP contribution in [0, 0.1) is 6.92 Å². The van der Waals surface area contributed by atoms with Gasteiger partial charge in [0.2, 0.25) is 0 Å². The summed E-state index contributed by atoms with van der Waals surface area (Å²) in [6, 6.07) is 9.72. The van der Waals surface area contributed by atoms with Gasteiger partial charge in [-0.2, -0.15) is 0 Å². The Balaban J connectivity index is 2.49. The highest BCUT2D eigenvalue weighted by molar-refractivity contribution is 9.11. The van der Waals surface area contributed by atoms with Gasteiger partial charge in [-0.1, -0.05) is 31.9 Å². The fourth-order valence-electron chi connectivity index (χ4n) is 2.05. The molecule has 1 unspecified atom stereocenters. The van der Waals surface area contributed by atoms with Crippen molar-refractivity contribution < 1.29 is 9.47 Å². The molecular weight excluding hydrogens is 419 g/mol. The van der Waals surface area contributed by atoms with E-state index in [2.05, 4.69) is 31.9 Å². The molecule has 2 aromatic rings. The van der Waals surface area contributed by atoms with E-state index in [0.29, 0.717) is 5.75 Å². The normalized spacial score (nSPS) is 12.1. The maximum atomic E-state index is 6.67. The lowest BCUT2D eigenvalue weighted by Crippen LogP contribution is -2.00. The number of ether oxygens (including phenoxy) is 2. The predicted molar refractivity (Wildman–Crippen MR) is 93.8 cm³/mol. The predicted octanol–water partition coefficient (Wildman–Crippen LogP) is 5.87. The van der Waals surface area contributed by atoms with Crippen molar-refractivity contribution in [2.75, 3.05) is 14.2 Å². The zero-order valence-electron chi connectivity index (χ0n) is 11.9. The lowest BCUT2D eigenvalue weighted by Gasteiger charge is -2.17. The van der Waals surface area contributed by atoms with E-state index in [1.165, 1.54) is 0 Å². The second-order valence-corrected chi connectivity index (χ2v) is 6.74. The number of aryl methyl sites for hydroxylation is 1. The van der Waals surface area contributed by atoms with E-state index in [4.69, 9.17) is 21.1 Å². The van der Waals surface area contributed by atoms with Crippen LogP contribution >= 0.6 is 43.5 Å². The summed E-state index contributed by atoms with van der Waals surface area (Å²) in [4.78, 5) is 0. The smallest absolute Gasteiger partial charge is 0.127 e. The van der Waals surface area contributed by atoms with E-state index in [9.17, 15) is 0 Å². The Morgan fingerprint density at radius 1 is 0.952 bits per heavy atom. The minimum atomic E-state index is -0.322. The van der Waals surface area contributed by atoms with Crippen molar-refractivity contribution in [1.29, 1.82) is 0 Å². The van der Waals surface area contributed by atoms with Crippen molar-refractivity contribution in [1.82, 2.24) is 0 Å². The van der Waals surface area contributed by atoms with Crippen LogP contribution in [0.3, 0.4) is 0 Å². The third-order valence-corrected chi connectivity index (χ3v) is 5.28. The molecule has 112 valence electrons. The first-order chi connectivity index (χ1) is 9.97. The van der Waals surface area contributed by atoms with E-state index in [0.717, 1.165) is 31.4 Å². The SMILES string of the molecule is COc1ccc(C(Cl)c2cc(Br)c(C)cc2Br)c(OC)c1. The molecule has 21 heavy (non-hydrogen) atoms. The Morgan fingerprint density at radius 2 is 1.67 bits per heavy atom. The van der Waals surface area contributed by atoms with E-state index >= 15 is 0 Å². The molecule has 2 rings (SSSR count). The maximum Gasteiger partial charge on any atom is 0.127 e. The van der Waals surface area contributed by atoms with Crippen LogP contribution in [-0.2, 0) is 0 Å². The Hall–Kier alpha value is -0.710. The molecule has 0 N–H and O–H groups in total. The number of hydrogen-bond donors (Lipinski definition) is 0. The minimum Gasteiger partial charge on any atom is -0.497 e. The molecule has 0 aromatic heterocycles. The van der Waals surface area contributed by atoms with Gasteiger partial charge in [0.05, 0.1) is 19.6 Å². The third-order valence-electron chi connectivity index (χ3n) is 3.26. The fourth-order valence-corrected chi connectivity index (χ4v) is 3.59. The first-order valence-electron chi connectivity index (χ1n) is 6.29. The van der Waals surface area contributed by atoms with Gasteiger partial charge in [-0.3, -0.25) is 0 Å². The molecule has 0 aliphatic heterocycles. The fraction of sp³-hybridized carbons (Fsp3) is 0.250. The summed E-state index contributed by atoms with van der Waals surface area (Å²) < 4.78 is 12.6. The van der Waals surface area contributed by atoms with Crippen LogP contribution in [0.15, 0.2) is 39.3 Å². The van der Waals surface area contributed by atoms with Gasteiger partial charge in [0, 0.05) is 20.6 Å². The summed E-state index contributed by atoms with van der Waals surface area (Å²) in [5.74, 6) is 1.45. The Labute approximate surface area is 146 Å². The summed E-state index contributed by atoms with van der Waals surface area (Å²) in [6.07, 6.45) is 0. The number of halogens is 3. The first-order valence-corrected chi connectivity index (χ1v) is 8.31. The standard InChI is InChI=1S/C16H15Br2ClO2/c1-9-6-14(18)12(8-13(9)17)16(19)11-5-4-10(20-2)7-15(11)21-3/h4-8,16H,1-3H3. The second-order valence-electron chi connectivity index (χ2n) is 4.59. The van der Waals surface area contributed by atoms with Crippen LogP contribution < -0.4 is 9.47 Å². The summed E-state index contributed by atoms with van der Waals surface area (Å²) in [5.41, 5.74) is 3.03. The largest absolute Gasteiger partial charge is 0.497 e. The summed E-state index contributed by atoms with van der Waals surface area (Å²) >= 11 is 13.8. The van der Waals surface area contributed by atoms with E-state index < -0.39 is 0 Å². The van der Waals surface area contributed by atoms with E-state index in [1.807, 2.05) is 37.3 Å². The highest BCUT2D eigenvalue weighted by atomic mass is 79.9. The molecule has 5 heteroatoms. The van der Waals surface area contributed by atoms with Crippen LogP contribution in [0.25, 0.3) is 0 Å². The van der Waals surface area contributed by atoms with Crippen LogP contribution in [-0.4, -0.2) is 14.2 Å². The molecule has 1 atom stereocenters. The summed E-state index contributed by atoms with van der Waals surface area (Å²) in [7, 11) is 3.25. The van der Waals surface area contributed by atoms with Crippen molar-refractivity contribution in [3.8, 4) is 11.5 Å². The molecular formula is C16H15Br2ClO2. The van der Waals surface area contributed by atoms with Crippen molar-refractivity contribution >= 4 is 43.5 Å². The zero-order chi connectivity index (χ0) is 15.6. The number of methoxy groups -OCH3 is 2. The molecule has 0 spiro atoms. The summed E-state index contributed by atoms with van der Waals surface area (Å²) in [6.45, 7) is 2.04. The number of hydrogen-bond acceptors (Lipinski definition) is 2. The third kappa shape index (κ3) is 3.55. The molecule has 0 amide bonds. The molecule has 0 aliphatic rings. The van der Waals surface area contributed by atoms with Crippen LogP contribution in [0.5, 0.6) is 11.5 Å². The number of rotatable bonds is 4. The summed E-state index contributed by atoms with van der Waals surface area (Å²) in [5, 5.41) is -0.322. The Morgan fingerprint density at radius 3 is 2.29 bits per heavy atom. The molecule has 0 heterocycles. The monoisotopic (exact) mass is 432 g/mol. The molecule has 0 radical (unpaired) electrons. The molecule has 2 nitrogen and oxygen atoms in total. The van der Waals surface area contributed by atoms with E-state index in [1.54, 1.807) is 14.2 Å². The van der Waals surface area contributed by atoms with Crippen LogP contribution in [0.2, 0.25) is 0 Å². The lowest BCUT2D eigenvalue weighted by molar-refractivity contribution is 0.391. The van der Waals surface area contributed by atoms with Gasteiger partial charge in [0.1, 0.15) is 11.5 Å². The molecule has 0 aliphatic carbocycles. The molecule has 0 saturated heterocycles. The van der Waals surface area contributed by atoms with Crippen molar-refractivity contribution in [3.63, 3.8) is 0 Å². The number of benzene rings is 2. The first kappa shape index (κ1) is 16.7. The van der Waals surface area contributed by atoms with Gasteiger partial charge in [-0.15, -0.1) is 11.6 Å². The molecule has 2 aromatic carbocycles. The van der Waals surface area contributed by atoms with Crippen molar-refractivity contribution in [2.24, 2.45) is 0 Å². The number of alkyl halides is 1. The average Bonchev–Trinajstić information content (AvgIpc) is 2.49.